The van der Waals surface area contributed by atoms with Crippen molar-refractivity contribution in [1.29, 1.82) is 0 Å². The molecule has 0 saturated heterocycles. The van der Waals surface area contributed by atoms with Gasteiger partial charge in [-0.2, -0.15) is 0 Å². The van der Waals surface area contributed by atoms with Crippen LogP contribution in [0.25, 0.3) is 0 Å². The van der Waals surface area contributed by atoms with E-state index in [9.17, 15) is 9.18 Å². The number of hydrogen-bond acceptors (Lipinski definition) is 3. The molecule has 0 spiro atoms. The number of nitrogens with one attached hydrogen (secondary N) is 2. The van der Waals surface area contributed by atoms with Gasteiger partial charge in [-0.3, -0.25) is 0 Å². The quantitative estimate of drug-likeness (QED) is 0.873. The summed E-state index contributed by atoms with van der Waals surface area (Å²) in [7, 11) is 3.07. The summed E-state index contributed by atoms with van der Waals surface area (Å²) in [6.07, 6.45) is 0. The van der Waals surface area contributed by atoms with Crippen LogP contribution in [0.4, 0.5) is 14.9 Å². The Balaban J connectivity index is 2.08. The number of anilines is 1. The molecule has 2 aromatic carbocycles. The molecule has 0 radical (unpaired) electrons. The average Bonchev–Trinajstić information content (AvgIpc) is 2.54. The Labute approximate surface area is 140 Å². The van der Waals surface area contributed by atoms with Crippen molar-refractivity contribution in [2.45, 2.75) is 19.4 Å². The molecule has 2 N–H and O–H groups in total. The van der Waals surface area contributed by atoms with E-state index in [1.54, 1.807) is 37.4 Å². The van der Waals surface area contributed by atoms with E-state index in [-0.39, 0.29) is 11.8 Å². The first-order valence-electron chi connectivity index (χ1n) is 7.43. The van der Waals surface area contributed by atoms with Crippen molar-refractivity contribution < 1.29 is 18.7 Å². The number of carbonyl (C=O) groups is 1. The Bertz CT molecular complexity index is 715. The minimum Gasteiger partial charge on any atom is -0.493 e. The molecule has 5 nitrogen and oxygen atoms in total. The van der Waals surface area contributed by atoms with Gasteiger partial charge in [0.15, 0.2) is 11.5 Å². The predicted molar refractivity (Wildman–Crippen MR) is 91.1 cm³/mol. The van der Waals surface area contributed by atoms with Crippen LogP contribution in [0.15, 0.2) is 42.5 Å². The normalized spacial score (nSPS) is 10.9. The average molecular weight is 332 g/mol. The van der Waals surface area contributed by atoms with Crippen LogP contribution in [-0.2, 0) is 5.54 Å². The Morgan fingerprint density at radius 3 is 2.21 bits per heavy atom. The monoisotopic (exact) mass is 332 g/mol. The summed E-state index contributed by atoms with van der Waals surface area (Å²) in [5.74, 6) is 0.785. The minimum absolute atomic E-state index is 0.315. The zero-order valence-corrected chi connectivity index (χ0v) is 14.1. The molecule has 0 bridgehead atoms. The molecule has 0 aliphatic heterocycles. The van der Waals surface area contributed by atoms with E-state index >= 15 is 0 Å². The fraction of sp³-hybridized carbons (Fsp3) is 0.278. The maximum absolute atomic E-state index is 13.0. The molecule has 24 heavy (non-hydrogen) atoms. The first-order valence-corrected chi connectivity index (χ1v) is 7.43. The largest absolute Gasteiger partial charge is 0.493 e. The van der Waals surface area contributed by atoms with E-state index < -0.39 is 5.54 Å². The molecule has 128 valence electrons. The molecule has 6 heteroatoms. The summed E-state index contributed by atoms with van der Waals surface area (Å²) >= 11 is 0. The van der Waals surface area contributed by atoms with Gasteiger partial charge >= 0.3 is 6.03 Å². The number of benzene rings is 2. The highest BCUT2D eigenvalue weighted by Gasteiger charge is 2.23. The molecule has 0 atom stereocenters. The molecule has 2 rings (SSSR count). The molecule has 0 heterocycles. The van der Waals surface area contributed by atoms with Crippen LogP contribution in [0.1, 0.15) is 19.4 Å². The third kappa shape index (κ3) is 4.16. The Kier molecular flexibility index (Phi) is 5.28. The lowest BCUT2D eigenvalue weighted by Crippen LogP contribution is -2.43. The number of rotatable bonds is 5. The highest BCUT2D eigenvalue weighted by molar-refractivity contribution is 5.90. The van der Waals surface area contributed by atoms with Gasteiger partial charge in [-0.1, -0.05) is 12.1 Å². The zero-order chi connectivity index (χ0) is 17.7. The standard InChI is InChI=1S/C18H21FN2O3/c1-18(2,12-5-7-13(19)8-6-12)21-17(22)20-14-9-10-15(23-3)16(11-14)24-4/h5-11H,1-4H3,(H2,20,21,22). The molecular formula is C18H21FN2O3. The van der Waals surface area contributed by atoms with Gasteiger partial charge < -0.3 is 20.1 Å². The van der Waals surface area contributed by atoms with Gasteiger partial charge in [0.05, 0.1) is 19.8 Å². The van der Waals surface area contributed by atoms with Crippen LogP contribution in [0.3, 0.4) is 0 Å². The van der Waals surface area contributed by atoms with E-state index in [2.05, 4.69) is 10.6 Å². The van der Waals surface area contributed by atoms with Crippen molar-refractivity contribution in [3.05, 3.63) is 53.8 Å². The van der Waals surface area contributed by atoms with Gasteiger partial charge in [-0.15, -0.1) is 0 Å². The second-order valence-corrected chi connectivity index (χ2v) is 5.78. The molecule has 0 unspecified atom stereocenters. The lowest BCUT2D eigenvalue weighted by molar-refractivity contribution is 0.242. The van der Waals surface area contributed by atoms with Gasteiger partial charge in [0, 0.05) is 11.8 Å². The fourth-order valence-corrected chi connectivity index (χ4v) is 2.30. The smallest absolute Gasteiger partial charge is 0.319 e. The Morgan fingerprint density at radius 2 is 1.62 bits per heavy atom. The van der Waals surface area contributed by atoms with Crippen molar-refractivity contribution in [3.63, 3.8) is 0 Å². The molecule has 2 aromatic rings. The van der Waals surface area contributed by atoms with E-state index in [4.69, 9.17) is 9.47 Å². The van der Waals surface area contributed by atoms with Crippen molar-refractivity contribution >= 4 is 11.7 Å². The van der Waals surface area contributed by atoms with Crippen LogP contribution in [0, 0.1) is 5.82 Å². The minimum atomic E-state index is -0.658. The number of hydrogen-bond donors (Lipinski definition) is 2. The van der Waals surface area contributed by atoms with Crippen LogP contribution in [0.2, 0.25) is 0 Å². The molecule has 0 aliphatic carbocycles. The fourth-order valence-electron chi connectivity index (χ4n) is 2.30. The SMILES string of the molecule is COc1ccc(NC(=O)NC(C)(C)c2ccc(F)cc2)cc1OC. The first-order chi connectivity index (χ1) is 11.4. The summed E-state index contributed by atoms with van der Waals surface area (Å²) in [5, 5.41) is 5.61. The number of carbonyl (C=O) groups excluding carboxylic acids is 1. The highest BCUT2D eigenvalue weighted by Crippen LogP contribution is 2.29. The first kappa shape index (κ1) is 17.6. The number of amides is 2. The van der Waals surface area contributed by atoms with E-state index in [1.807, 2.05) is 13.8 Å². The topological polar surface area (TPSA) is 59.6 Å². The number of ether oxygens (including phenoxy) is 2. The molecule has 0 aliphatic rings. The van der Waals surface area contributed by atoms with Crippen molar-refractivity contribution in [2.24, 2.45) is 0 Å². The number of methoxy groups -OCH3 is 2. The van der Waals surface area contributed by atoms with Gasteiger partial charge in [0.25, 0.3) is 0 Å². The van der Waals surface area contributed by atoms with Crippen LogP contribution >= 0.6 is 0 Å². The van der Waals surface area contributed by atoms with Gasteiger partial charge in [-0.25, -0.2) is 9.18 Å². The van der Waals surface area contributed by atoms with E-state index in [1.165, 1.54) is 19.2 Å². The molecule has 0 fully saturated rings. The van der Waals surface area contributed by atoms with Crippen molar-refractivity contribution in [1.82, 2.24) is 5.32 Å². The number of urea groups is 1. The summed E-state index contributed by atoms with van der Waals surface area (Å²) < 4.78 is 23.4. The van der Waals surface area contributed by atoms with Gasteiger partial charge in [0.1, 0.15) is 5.82 Å². The van der Waals surface area contributed by atoms with Crippen molar-refractivity contribution in [3.8, 4) is 11.5 Å². The van der Waals surface area contributed by atoms with Gasteiger partial charge in [0.2, 0.25) is 0 Å². The molecule has 0 saturated carbocycles. The van der Waals surface area contributed by atoms with Gasteiger partial charge in [-0.05, 0) is 43.7 Å². The summed E-state index contributed by atoms with van der Waals surface area (Å²) in [6.45, 7) is 3.68. The lowest BCUT2D eigenvalue weighted by Gasteiger charge is -2.27. The molecule has 2 amide bonds. The maximum Gasteiger partial charge on any atom is 0.319 e. The van der Waals surface area contributed by atoms with E-state index in [0.717, 1.165) is 5.56 Å². The second-order valence-electron chi connectivity index (χ2n) is 5.78. The summed E-state index contributed by atoms with van der Waals surface area (Å²) in [6, 6.07) is 10.7. The summed E-state index contributed by atoms with van der Waals surface area (Å²) in [4.78, 5) is 12.3. The third-order valence-electron chi connectivity index (χ3n) is 3.63. The van der Waals surface area contributed by atoms with Crippen LogP contribution in [-0.4, -0.2) is 20.3 Å². The third-order valence-corrected chi connectivity index (χ3v) is 3.63. The lowest BCUT2D eigenvalue weighted by atomic mass is 9.94. The van der Waals surface area contributed by atoms with Crippen molar-refractivity contribution in [2.75, 3.05) is 19.5 Å². The molecule has 0 aromatic heterocycles. The zero-order valence-electron chi connectivity index (χ0n) is 14.1. The Hall–Kier alpha value is -2.76. The van der Waals surface area contributed by atoms with E-state index in [0.29, 0.717) is 17.2 Å². The second kappa shape index (κ2) is 7.21. The predicted octanol–water partition coefficient (Wildman–Crippen LogP) is 3.90. The highest BCUT2D eigenvalue weighted by atomic mass is 19.1. The van der Waals surface area contributed by atoms with Crippen LogP contribution < -0.4 is 20.1 Å². The Morgan fingerprint density at radius 1 is 1.00 bits per heavy atom. The van der Waals surface area contributed by atoms with Crippen LogP contribution in [0.5, 0.6) is 11.5 Å². The maximum atomic E-state index is 13.0. The molecular weight excluding hydrogens is 311 g/mol. The number of halogens is 1. The summed E-state index contributed by atoms with van der Waals surface area (Å²) in [5.41, 5.74) is 0.709.